The molecule has 3 nitrogen and oxygen atoms in total. The first-order chi connectivity index (χ1) is 9.43. The van der Waals surface area contributed by atoms with Crippen molar-refractivity contribution in [3.05, 3.63) is 51.6 Å². The van der Waals surface area contributed by atoms with E-state index in [0.29, 0.717) is 21.8 Å². The fraction of sp³-hybridized carbons (Fsp3) is 0.333. The summed E-state index contributed by atoms with van der Waals surface area (Å²) in [5.74, 6) is -0.408. The van der Waals surface area contributed by atoms with Gasteiger partial charge in [0.15, 0.2) is 5.78 Å². The Labute approximate surface area is 122 Å². The first-order valence-corrected chi connectivity index (χ1v) is 6.81. The molecule has 0 spiro atoms. The largest absolute Gasteiger partial charge is 0.294 e. The summed E-state index contributed by atoms with van der Waals surface area (Å²) in [7, 11) is 1.77. The van der Waals surface area contributed by atoms with Crippen molar-refractivity contribution in [2.45, 2.75) is 26.7 Å². The first-order valence-electron chi connectivity index (χ1n) is 6.43. The fourth-order valence-corrected chi connectivity index (χ4v) is 2.44. The molecule has 2 aromatic rings. The molecule has 0 bridgehead atoms. The van der Waals surface area contributed by atoms with Gasteiger partial charge in [0, 0.05) is 12.6 Å². The highest BCUT2D eigenvalue weighted by Crippen LogP contribution is 2.22. The van der Waals surface area contributed by atoms with Crippen molar-refractivity contribution in [3.63, 3.8) is 0 Å². The summed E-state index contributed by atoms with van der Waals surface area (Å²) < 4.78 is 14.9. The van der Waals surface area contributed by atoms with Crippen LogP contribution in [0.15, 0.2) is 18.2 Å². The molecule has 0 aliphatic heterocycles. The van der Waals surface area contributed by atoms with E-state index in [9.17, 15) is 9.18 Å². The summed E-state index contributed by atoms with van der Waals surface area (Å²) in [4.78, 5) is 12.3. The smallest absolute Gasteiger partial charge is 0.168 e. The van der Waals surface area contributed by atoms with Gasteiger partial charge in [-0.05, 0) is 37.1 Å². The van der Waals surface area contributed by atoms with Gasteiger partial charge < -0.3 is 0 Å². The summed E-state index contributed by atoms with van der Waals surface area (Å²) in [6, 6.07) is 4.36. The molecule has 0 unspecified atom stereocenters. The van der Waals surface area contributed by atoms with Crippen molar-refractivity contribution >= 4 is 17.4 Å². The summed E-state index contributed by atoms with van der Waals surface area (Å²) in [5.41, 5.74) is 2.42. The van der Waals surface area contributed by atoms with Gasteiger partial charge in [0.2, 0.25) is 0 Å². The quantitative estimate of drug-likeness (QED) is 0.809. The molecule has 0 N–H and O–H groups in total. The van der Waals surface area contributed by atoms with Crippen molar-refractivity contribution in [2.24, 2.45) is 7.05 Å². The molecule has 0 radical (unpaired) electrons. The van der Waals surface area contributed by atoms with Gasteiger partial charge in [-0.3, -0.25) is 9.48 Å². The van der Waals surface area contributed by atoms with E-state index >= 15 is 0 Å². The SMILES string of the molecule is CCc1nn(C)c(CC(=O)c2ccc(F)c(C)c2)c1Cl. The maximum Gasteiger partial charge on any atom is 0.168 e. The molecule has 0 saturated carbocycles. The van der Waals surface area contributed by atoms with Crippen LogP contribution in [0.25, 0.3) is 0 Å². The van der Waals surface area contributed by atoms with Crippen molar-refractivity contribution in [1.29, 1.82) is 0 Å². The van der Waals surface area contributed by atoms with Crippen LogP contribution in [0.1, 0.15) is 34.2 Å². The molecule has 20 heavy (non-hydrogen) atoms. The van der Waals surface area contributed by atoms with Crippen LogP contribution in [0.5, 0.6) is 0 Å². The van der Waals surface area contributed by atoms with Crippen molar-refractivity contribution in [1.82, 2.24) is 9.78 Å². The molecule has 5 heteroatoms. The molecule has 0 aliphatic carbocycles. The number of Topliss-reactive ketones (excluding diaryl/α,β-unsaturated/α-hetero) is 1. The number of hydrogen-bond acceptors (Lipinski definition) is 2. The number of benzene rings is 1. The van der Waals surface area contributed by atoms with Gasteiger partial charge in [0.05, 0.1) is 22.8 Å². The third-order valence-corrected chi connectivity index (χ3v) is 3.75. The van der Waals surface area contributed by atoms with Gasteiger partial charge in [-0.1, -0.05) is 18.5 Å². The average Bonchev–Trinajstić information content (AvgIpc) is 2.69. The Hall–Kier alpha value is -1.68. The Bertz CT molecular complexity index is 664. The van der Waals surface area contributed by atoms with Crippen LogP contribution in [0.4, 0.5) is 4.39 Å². The molecular formula is C15H16ClFN2O. The number of hydrogen-bond donors (Lipinski definition) is 0. The third-order valence-electron chi connectivity index (χ3n) is 3.31. The molecule has 1 aromatic carbocycles. The molecule has 0 atom stereocenters. The molecule has 0 fully saturated rings. The minimum absolute atomic E-state index is 0.0966. The molecule has 0 saturated heterocycles. The second kappa shape index (κ2) is 5.75. The number of aryl methyl sites for hydroxylation is 3. The minimum atomic E-state index is -0.312. The van der Waals surface area contributed by atoms with E-state index in [1.807, 2.05) is 6.92 Å². The minimum Gasteiger partial charge on any atom is -0.294 e. The van der Waals surface area contributed by atoms with Crippen LogP contribution in [0.2, 0.25) is 5.02 Å². The van der Waals surface area contributed by atoms with E-state index in [2.05, 4.69) is 5.10 Å². The number of nitrogens with zero attached hydrogens (tertiary/aromatic N) is 2. The number of aromatic nitrogens is 2. The zero-order chi connectivity index (χ0) is 14.9. The number of halogens is 2. The number of carbonyl (C=O) groups excluding carboxylic acids is 1. The normalized spacial score (nSPS) is 10.8. The lowest BCUT2D eigenvalue weighted by Gasteiger charge is -2.04. The van der Waals surface area contributed by atoms with Crippen LogP contribution in [0, 0.1) is 12.7 Å². The summed E-state index contributed by atoms with van der Waals surface area (Å²) in [5, 5.41) is 4.82. The monoisotopic (exact) mass is 294 g/mol. The third kappa shape index (κ3) is 2.75. The number of ketones is 1. The van der Waals surface area contributed by atoms with E-state index < -0.39 is 0 Å². The second-order valence-electron chi connectivity index (χ2n) is 4.75. The Morgan fingerprint density at radius 1 is 1.45 bits per heavy atom. The zero-order valence-corrected chi connectivity index (χ0v) is 12.5. The highest BCUT2D eigenvalue weighted by atomic mass is 35.5. The summed E-state index contributed by atoms with van der Waals surface area (Å²) in [6.45, 7) is 3.60. The van der Waals surface area contributed by atoms with Gasteiger partial charge >= 0.3 is 0 Å². The van der Waals surface area contributed by atoms with Crippen molar-refractivity contribution in [2.75, 3.05) is 0 Å². The number of carbonyl (C=O) groups is 1. The predicted molar refractivity (Wildman–Crippen MR) is 76.8 cm³/mol. The molecular weight excluding hydrogens is 279 g/mol. The van der Waals surface area contributed by atoms with Gasteiger partial charge in [-0.25, -0.2) is 4.39 Å². The van der Waals surface area contributed by atoms with Gasteiger partial charge in [-0.15, -0.1) is 0 Å². The van der Waals surface area contributed by atoms with Crippen molar-refractivity contribution < 1.29 is 9.18 Å². The molecule has 2 rings (SSSR count). The van der Waals surface area contributed by atoms with Crippen LogP contribution < -0.4 is 0 Å². The fourth-order valence-electron chi connectivity index (χ4n) is 2.08. The predicted octanol–water partition coefficient (Wildman–Crippen LogP) is 3.51. The molecule has 106 valence electrons. The standard InChI is InChI=1S/C15H16ClFN2O/c1-4-12-15(16)13(19(3)18-12)8-14(20)10-5-6-11(17)9(2)7-10/h5-7H,4,8H2,1-3H3. The zero-order valence-electron chi connectivity index (χ0n) is 11.7. The van der Waals surface area contributed by atoms with E-state index in [1.54, 1.807) is 24.7 Å². The van der Waals surface area contributed by atoms with Crippen molar-refractivity contribution in [3.8, 4) is 0 Å². The molecule has 1 heterocycles. The van der Waals surface area contributed by atoms with Crippen LogP contribution in [-0.4, -0.2) is 15.6 Å². The Morgan fingerprint density at radius 2 is 2.15 bits per heavy atom. The van der Waals surface area contributed by atoms with Gasteiger partial charge in [-0.2, -0.15) is 5.10 Å². The molecule has 1 aromatic heterocycles. The van der Waals surface area contributed by atoms with Crippen LogP contribution >= 0.6 is 11.6 Å². The maximum atomic E-state index is 13.2. The lowest BCUT2D eigenvalue weighted by atomic mass is 10.0. The molecule has 0 aliphatic rings. The lowest BCUT2D eigenvalue weighted by Crippen LogP contribution is -2.08. The Morgan fingerprint density at radius 3 is 2.70 bits per heavy atom. The summed E-state index contributed by atoms with van der Waals surface area (Å²) in [6.07, 6.45) is 0.879. The topological polar surface area (TPSA) is 34.9 Å². The van der Waals surface area contributed by atoms with E-state index in [4.69, 9.17) is 11.6 Å². The van der Waals surface area contributed by atoms with E-state index in [-0.39, 0.29) is 18.0 Å². The first kappa shape index (κ1) is 14.7. The molecule has 0 amide bonds. The van der Waals surface area contributed by atoms with Crippen LogP contribution in [0.3, 0.4) is 0 Å². The van der Waals surface area contributed by atoms with E-state index in [1.165, 1.54) is 12.1 Å². The summed E-state index contributed by atoms with van der Waals surface area (Å²) >= 11 is 6.22. The van der Waals surface area contributed by atoms with Gasteiger partial charge in [0.25, 0.3) is 0 Å². The van der Waals surface area contributed by atoms with E-state index in [0.717, 1.165) is 12.1 Å². The highest BCUT2D eigenvalue weighted by molar-refractivity contribution is 6.32. The Kier molecular flexibility index (Phi) is 4.23. The second-order valence-corrected chi connectivity index (χ2v) is 5.13. The average molecular weight is 295 g/mol. The van der Waals surface area contributed by atoms with Crippen LogP contribution in [-0.2, 0) is 19.9 Å². The lowest BCUT2D eigenvalue weighted by molar-refractivity contribution is 0.0990. The number of rotatable bonds is 4. The Balaban J connectivity index is 2.28. The van der Waals surface area contributed by atoms with Gasteiger partial charge in [0.1, 0.15) is 5.82 Å². The maximum absolute atomic E-state index is 13.2. The highest BCUT2D eigenvalue weighted by Gasteiger charge is 2.17.